The summed E-state index contributed by atoms with van der Waals surface area (Å²) in [4.78, 5) is 4.61. The van der Waals surface area contributed by atoms with Crippen molar-refractivity contribution < 1.29 is 0 Å². The minimum atomic E-state index is 0.656. The molecule has 1 N–H and O–H groups in total. The average Bonchev–Trinajstić information content (AvgIpc) is 2.95. The molecule has 3 heteroatoms. The van der Waals surface area contributed by atoms with Crippen LogP contribution in [0.15, 0.2) is 5.38 Å². The fourth-order valence-corrected chi connectivity index (χ4v) is 3.61. The molecule has 1 aliphatic carbocycles. The molecule has 0 saturated heterocycles. The number of rotatable bonds is 6. The van der Waals surface area contributed by atoms with Gasteiger partial charge < -0.3 is 5.32 Å². The maximum atomic E-state index is 4.61. The number of nitrogens with zero attached hydrogens (tertiary/aromatic N) is 1. The molecule has 1 aromatic rings. The Morgan fingerprint density at radius 3 is 2.82 bits per heavy atom. The summed E-state index contributed by atoms with van der Waals surface area (Å²) in [7, 11) is 0. The van der Waals surface area contributed by atoms with Gasteiger partial charge in [0, 0.05) is 23.5 Å². The zero-order valence-corrected chi connectivity index (χ0v) is 11.9. The van der Waals surface area contributed by atoms with Crippen molar-refractivity contribution in [1.29, 1.82) is 0 Å². The molecular weight excluding hydrogens is 228 g/mol. The summed E-state index contributed by atoms with van der Waals surface area (Å²) in [6.07, 6.45) is 8.01. The van der Waals surface area contributed by atoms with Crippen LogP contribution < -0.4 is 5.32 Å². The summed E-state index contributed by atoms with van der Waals surface area (Å²) in [5, 5.41) is 7.21. The highest BCUT2D eigenvalue weighted by atomic mass is 32.1. The van der Waals surface area contributed by atoms with Gasteiger partial charge in [-0.05, 0) is 38.6 Å². The molecule has 1 unspecified atom stereocenters. The quantitative estimate of drug-likeness (QED) is 0.837. The van der Waals surface area contributed by atoms with Crippen LogP contribution in [-0.4, -0.2) is 17.6 Å². The standard InChI is InChI=1S/C14H24N2S/c1-3-8-15-13(12-6-4-5-7-12)9-14-16-11(2)10-17-14/h10,12-13,15H,3-9H2,1-2H3. The molecule has 0 amide bonds. The molecule has 0 aliphatic heterocycles. The lowest BCUT2D eigenvalue weighted by Gasteiger charge is -2.23. The average molecular weight is 252 g/mol. The van der Waals surface area contributed by atoms with Crippen LogP contribution in [0.2, 0.25) is 0 Å². The van der Waals surface area contributed by atoms with Gasteiger partial charge in [0.1, 0.15) is 0 Å². The molecule has 1 heterocycles. The van der Waals surface area contributed by atoms with E-state index in [1.807, 2.05) is 11.3 Å². The third kappa shape index (κ3) is 3.78. The van der Waals surface area contributed by atoms with Crippen LogP contribution in [0.5, 0.6) is 0 Å². The van der Waals surface area contributed by atoms with Crippen LogP contribution in [0.1, 0.15) is 49.7 Å². The molecule has 0 spiro atoms. The molecule has 96 valence electrons. The molecular formula is C14H24N2S. The summed E-state index contributed by atoms with van der Waals surface area (Å²) in [5.74, 6) is 0.880. The van der Waals surface area contributed by atoms with E-state index >= 15 is 0 Å². The first-order valence-electron chi connectivity index (χ1n) is 6.94. The van der Waals surface area contributed by atoms with Crippen molar-refractivity contribution in [2.45, 2.75) is 58.4 Å². The Bertz CT molecular complexity index is 329. The maximum absolute atomic E-state index is 4.61. The van der Waals surface area contributed by atoms with Gasteiger partial charge in [0.25, 0.3) is 0 Å². The number of thiazole rings is 1. The lowest BCUT2D eigenvalue weighted by atomic mass is 9.95. The fourth-order valence-electron chi connectivity index (χ4n) is 2.78. The molecule has 2 rings (SSSR count). The van der Waals surface area contributed by atoms with Crippen molar-refractivity contribution in [2.24, 2.45) is 5.92 Å². The van der Waals surface area contributed by atoms with E-state index in [1.54, 1.807) is 0 Å². The second-order valence-corrected chi connectivity index (χ2v) is 6.13. The summed E-state index contributed by atoms with van der Waals surface area (Å²) in [6, 6.07) is 0.656. The minimum Gasteiger partial charge on any atom is -0.313 e. The van der Waals surface area contributed by atoms with Gasteiger partial charge in [-0.15, -0.1) is 11.3 Å². The molecule has 1 aromatic heterocycles. The predicted molar refractivity (Wildman–Crippen MR) is 74.6 cm³/mol. The lowest BCUT2D eigenvalue weighted by molar-refractivity contribution is 0.356. The molecule has 1 fully saturated rings. The molecule has 0 radical (unpaired) electrons. The van der Waals surface area contributed by atoms with Crippen LogP contribution in [-0.2, 0) is 6.42 Å². The number of hydrogen-bond acceptors (Lipinski definition) is 3. The number of aromatic nitrogens is 1. The Kier molecular flexibility index (Phi) is 4.99. The second-order valence-electron chi connectivity index (χ2n) is 5.19. The van der Waals surface area contributed by atoms with E-state index in [0.29, 0.717) is 6.04 Å². The zero-order chi connectivity index (χ0) is 12.1. The summed E-state index contributed by atoms with van der Waals surface area (Å²) in [6.45, 7) is 5.47. The van der Waals surface area contributed by atoms with Crippen LogP contribution >= 0.6 is 11.3 Å². The molecule has 1 atom stereocenters. The fraction of sp³-hybridized carbons (Fsp3) is 0.786. The molecule has 1 aliphatic rings. The van der Waals surface area contributed by atoms with Gasteiger partial charge in [0.15, 0.2) is 0 Å². The largest absolute Gasteiger partial charge is 0.313 e. The third-order valence-corrected chi connectivity index (χ3v) is 4.68. The minimum absolute atomic E-state index is 0.656. The van der Waals surface area contributed by atoms with Crippen molar-refractivity contribution in [2.75, 3.05) is 6.54 Å². The van der Waals surface area contributed by atoms with E-state index in [0.717, 1.165) is 18.9 Å². The second kappa shape index (κ2) is 6.50. The Hall–Kier alpha value is -0.410. The summed E-state index contributed by atoms with van der Waals surface area (Å²) < 4.78 is 0. The number of nitrogens with one attached hydrogen (secondary N) is 1. The van der Waals surface area contributed by atoms with Crippen molar-refractivity contribution in [3.63, 3.8) is 0 Å². The molecule has 1 saturated carbocycles. The maximum Gasteiger partial charge on any atom is 0.0943 e. The summed E-state index contributed by atoms with van der Waals surface area (Å²) in [5.41, 5.74) is 1.17. The smallest absolute Gasteiger partial charge is 0.0943 e. The van der Waals surface area contributed by atoms with Crippen molar-refractivity contribution in [3.05, 3.63) is 16.1 Å². The Balaban J connectivity index is 1.94. The van der Waals surface area contributed by atoms with Gasteiger partial charge in [0.05, 0.1) is 5.01 Å². The van der Waals surface area contributed by atoms with E-state index in [4.69, 9.17) is 0 Å². The molecule has 0 aromatic carbocycles. The first-order valence-corrected chi connectivity index (χ1v) is 7.82. The van der Waals surface area contributed by atoms with Gasteiger partial charge in [0.2, 0.25) is 0 Å². The van der Waals surface area contributed by atoms with Gasteiger partial charge in [-0.3, -0.25) is 0 Å². The van der Waals surface area contributed by atoms with E-state index in [2.05, 4.69) is 29.5 Å². The Morgan fingerprint density at radius 1 is 1.47 bits per heavy atom. The van der Waals surface area contributed by atoms with Gasteiger partial charge in [-0.2, -0.15) is 0 Å². The van der Waals surface area contributed by atoms with Crippen molar-refractivity contribution >= 4 is 11.3 Å². The SMILES string of the molecule is CCCNC(Cc1nc(C)cs1)C1CCCC1. The van der Waals surface area contributed by atoms with Gasteiger partial charge in [-0.25, -0.2) is 4.98 Å². The van der Waals surface area contributed by atoms with Crippen LogP contribution in [0.3, 0.4) is 0 Å². The highest BCUT2D eigenvalue weighted by molar-refractivity contribution is 7.09. The van der Waals surface area contributed by atoms with Crippen LogP contribution in [0.4, 0.5) is 0 Å². The first-order chi connectivity index (χ1) is 8.29. The molecule has 17 heavy (non-hydrogen) atoms. The molecule has 0 bridgehead atoms. The normalized spacial score (nSPS) is 18.7. The van der Waals surface area contributed by atoms with E-state index < -0.39 is 0 Å². The predicted octanol–water partition coefficient (Wildman–Crippen LogP) is 3.55. The first kappa shape index (κ1) is 13.0. The monoisotopic (exact) mass is 252 g/mol. The van der Waals surface area contributed by atoms with Crippen LogP contribution in [0, 0.1) is 12.8 Å². The highest BCUT2D eigenvalue weighted by Crippen LogP contribution is 2.29. The van der Waals surface area contributed by atoms with Crippen molar-refractivity contribution in [1.82, 2.24) is 10.3 Å². The zero-order valence-electron chi connectivity index (χ0n) is 11.0. The Labute approximate surface area is 109 Å². The lowest BCUT2D eigenvalue weighted by Crippen LogP contribution is -2.37. The number of hydrogen-bond donors (Lipinski definition) is 1. The van der Waals surface area contributed by atoms with E-state index in [9.17, 15) is 0 Å². The Morgan fingerprint density at radius 2 is 2.24 bits per heavy atom. The van der Waals surface area contributed by atoms with Gasteiger partial charge in [-0.1, -0.05) is 19.8 Å². The molecule has 2 nitrogen and oxygen atoms in total. The van der Waals surface area contributed by atoms with Gasteiger partial charge >= 0.3 is 0 Å². The third-order valence-electron chi connectivity index (χ3n) is 3.69. The highest BCUT2D eigenvalue weighted by Gasteiger charge is 2.25. The topological polar surface area (TPSA) is 24.9 Å². The van der Waals surface area contributed by atoms with Crippen molar-refractivity contribution in [3.8, 4) is 0 Å². The van der Waals surface area contributed by atoms with Crippen LogP contribution in [0.25, 0.3) is 0 Å². The summed E-state index contributed by atoms with van der Waals surface area (Å²) >= 11 is 1.82. The van der Waals surface area contributed by atoms with E-state index in [1.165, 1.54) is 42.8 Å². The van der Waals surface area contributed by atoms with E-state index in [-0.39, 0.29) is 0 Å². The number of aryl methyl sites for hydroxylation is 1.